The van der Waals surface area contributed by atoms with Gasteiger partial charge < -0.3 is 4.74 Å². The Morgan fingerprint density at radius 3 is 2.10 bits per heavy atom. The molecular weight excluding hydrogens is 258 g/mol. The molecule has 2 heteroatoms. The highest BCUT2D eigenvalue weighted by atomic mass is 16.5. The molecule has 0 aliphatic heterocycles. The van der Waals surface area contributed by atoms with Crippen molar-refractivity contribution in [1.82, 2.24) is 4.90 Å². The Hall–Kier alpha value is -0.0800. The highest BCUT2D eigenvalue weighted by Crippen LogP contribution is 2.36. The lowest BCUT2D eigenvalue weighted by molar-refractivity contribution is -0.0596. The predicted molar refractivity (Wildman–Crippen MR) is 90.6 cm³/mol. The topological polar surface area (TPSA) is 12.5 Å². The zero-order chi connectivity index (χ0) is 15.4. The molecule has 0 saturated heterocycles. The molecule has 2 nitrogen and oxygen atoms in total. The van der Waals surface area contributed by atoms with Crippen LogP contribution in [0.25, 0.3) is 0 Å². The van der Waals surface area contributed by atoms with Crippen LogP contribution in [0, 0.1) is 17.8 Å². The summed E-state index contributed by atoms with van der Waals surface area (Å²) in [5.41, 5.74) is 0. The van der Waals surface area contributed by atoms with Crippen molar-refractivity contribution < 1.29 is 4.74 Å². The molecule has 124 valence electrons. The summed E-state index contributed by atoms with van der Waals surface area (Å²) in [4.78, 5) is 2.77. The van der Waals surface area contributed by atoms with Gasteiger partial charge in [-0.15, -0.1) is 0 Å². The summed E-state index contributed by atoms with van der Waals surface area (Å²) in [6, 6.07) is 1.46. The molecule has 0 aromatic rings. The second kappa shape index (κ2) is 7.97. The second-order valence-electron chi connectivity index (χ2n) is 8.02. The molecule has 0 bridgehead atoms. The smallest absolute Gasteiger partial charge is 0.0604 e. The van der Waals surface area contributed by atoms with E-state index in [2.05, 4.69) is 39.5 Å². The van der Waals surface area contributed by atoms with E-state index in [9.17, 15) is 0 Å². The van der Waals surface area contributed by atoms with Crippen molar-refractivity contribution in [2.24, 2.45) is 17.8 Å². The minimum absolute atomic E-state index is 0.540. The van der Waals surface area contributed by atoms with E-state index in [-0.39, 0.29) is 0 Å². The van der Waals surface area contributed by atoms with Crippen molar-refractivity contribution in [3.8, 4) is 0 Å². The summed E-state index contributed by atoms with van der Waals surface area (Å²) in [6.45, 7) is 13.8. The van der Waals surface area contributed by atoms with E-state index in [1.165, 1.54) is 45.1 Å². The lowest BCUT2D eigenvalue weighted by atomic mass is 9.76. The van der Waals surface area contributed by atoms with Crippen LogP contribution >= 0.6 is 0 Å². The summed E-state index contributed by atoms with van der Waals surface area (Å²) in [7, 11) is 0. The molecule has 2 saturated carbocycles. The van der Waals surface area contributed by atoms with Gasteiger partial charge in [-0.3, -0.25) is 4.90 Å². The Labute approximate surface area is 132 Å². The van der Waals surface area contributed by atoms with Crippen molar-refractivity contribution in [2.75, 3.05) is 13.2 Å². The molecule has 21 heavy (non-hydrogen) atoms. The normalized spacial score (nSPS) is 33.7. The molecule has 0 unspecified atom stereocenters. The van der Waals surface area contributed by atoms with E-state index in [4.69, 9.17) is 4.74 Å². The maximum absolute atomic E-state index is 5.74. The van der Waals surface area contributed by atoms with Crippen molar-refractivity contribution >= 4 is 0 Å². The van der Waals surface area contributed by atoms with Gasteiger partial charge in [0.25, 0.3) is 0 Å². The Morgan fingerprint density at radius 1 is 1.00 bits per heavy atom. The molecule has 0 atom stereocenters. The lowest BCUT2D eigenvalue weighted by Gasteiger charge is -2.46. The Balaban J connectivity index is 1.76. The van der Waals surface area contributed by atoms with Crippen molar-refractivity contribution in [1.29, 1.82) is 0 Å². The van der Waals surface area contributed by atoms with Gasteiger partial charge in [0.05, 0.1) is 6.10 Å². The number of nitrogens with zero attached hydrogens (tertiary/aromatic N) is 1. The Bertz CT molecular complexity index is 288. The first kappa shape index (κ1) is 17.3. The standard InChI is InChI=1S/C19H37NO/c1-6-21-19-11-18(12-19)20(15(4)5)13-16-7-9-17(10-8-16)14(2)3/h14-19H,6-13H2,1-5H3. The number of hydrogen-bond donors (Lipinski definition) is 0. The number of rotatable bonds is 7. The maximum atomic E-state index is 5.74. The van der Waals surface area contributed by atoms with Crippen LogP contribution in [-0.2, 0) is 4.74 Å². The summed E-state index contributed by atoms with van der Waals surface area (Å²) >= 11 is 0. The van der Waals surface area contributed by atoms with E-state index < -0.39 is 0 Å². The fourth-order valence-corrected chi connectivity index (χ4v) is 4.30. The van der Waals surface area contributed by atoms with Crippen LogP contribution in [0.4, 0.5) is 0 Å². The summed E-state index contributed by atoms with van der Waals surface area (Å²) < 4.78 is 5.74. The second-order valence-corrected chi connectivity index (χ2v) is 8.02. The van der Waals surface area contributed by atoms with Gasteiger partial charge in [0.2, 0.25) is 0 Å². The molecule has 0 amide bonds. The first-order chi connectivity index (χ1) is 10.0. The molecule has 0 aromatic carbocycles. The fourth-order valence-electron chi connectivity index (χ4n) is 4.30. The molecule has 0 heterocycles. The monoisotopic (exact) mass is 295 g/mol. The molecule has 0 spiro atoms. The van der Waals surface area contributed by atoms with Gasteiger partial charge in [0.1, 0.15) is 0 Å². The van der Waals surface area contributed by atoms with E-state index in [0.717, 1.165) is 30.4 Å². The van der Waals surface area contributed by atoms with Crippen LogP contribution in [0.3, 0.4) is 0 Å². The van der Waals surface area contributed by atoms with Crippen molar-refractivity contribution in [2.45, 2.75) is 91.3 Å². The predicted octanol–water partition coefficient (Wildman–Crippen LogP) is 4.73. The van der Waals surface area contributed by atoms with E-state index in [1.807, 2.05) is 0 Å². The van der Waals surface area contributed by atoms with E-state index >= 15 is 0 Å². The third-order valence-corrected chi connectivity index (χ3v) is 5.91. The molecule has 2 fully saturated rings. The van der Waals surface area contributed by atoms with Gasteiger partial charge in [0, 0.05) is 25.2 Å². The lowest BCUT2D eigenvalue weighted by Crippen LogP contribution is -2.52. The molecule has 0 radical (unpaired) electrons. The van der Waals surface area contributed by atoms with Crippen LogP contribution in [0.15, 0.2) is 0 Å². The zero-order valence-electron chi connectivity index (χ0n) is 15.0. The highest BCUT2D eigenvalue weighted by molar-refractivity contribution is 4.91. The van der Waals surface area contributed by atoms with Gasteiger partial charge in [0.15, 0.2) is 0 Å². The van der Waals surface area contributed by atoms with Gasteiger partial charge in [-0.25, -0.2) is 0 Å². The van der Waals surface area contributed by atoms with Gasteiger partial charge in [-0.2, -0.15) is 0 Å². The maximum Gasteiger partial charge on any atom is 0.0604 e. The number of hydrogen-bond acceptors (Lipinski definition) is 2. The third-order valence-electron chi connectivity index (χ3n) is 5.91. The van der Waals surface area contributed by atoms with Gasteiger partial charge >= 0.3 is 0 Å². The van der Waals surface area contributed by atoms with Crippen LogP contribution < -0.4 is 0 Å². The van der Waals surface area contributed by atoms with Crippen molar-refractivity contribution in [3.63, 3.8) is 0 Å². The average Bonchev–Trinajstić information content (AvgIpc) is 2.40. The van der Waals surface area contributed by atoms with Gasteiger partial charge in [-0.05, 0) is 77.0 Å². The molecule has 2 rings (SSSR count). The van der Waals surface area contributed by atoms with Gasteiger partial charge in [-0.1, -0.05) is 13.8 Å². The summed E-state index contributed by atoms with van der Waals surface area (Å²) in [6.07, 6.45) is 8.88. The van der Waals surface area contributed by atoms with E-state index in [0.29, 0.717) is 12.1 Å². The quantitative estimate of drug-likeness (QED) is 0.673. The minimum Gasteiger partial charge on any atom is -0.378 e. The Kier molecular flexibility index (Phi) is 6.55. The average molecular weight is 296 g/mol. The van der Waals surface area contributed by atoms with Crippen LogP contribution in [-0.4, -0.2) is 36.2 Å². The first-order valence-electron chi connectivity index (χ1n) is 9.38. The third kappa shape index (κ3) is 4.69. The van der Waals surface area contributed by atoms with Crippen LogP contribution in [0.2, 0.25) is 0 Å². The zero-order valence-corrected chi connectivity index (χ0v) is 15.0. The fraction of sp³-hybridized carbons (Fsp3) is 1.00. The SMILES string of the molecule is CCOC1CC(N(CC2CCC(C(C)C)CC2)C(C)C)C1. The van der Waals surface area contributed by atoms with Crippen LogP contribution in [0.5, 0.6) is 0 Å². The first-order valence-corrected chi connectivity index (χ1v) is 9.38. The summed E-state index contributed by atoms with van der Waals surface area (Å²) in [5, 5.41) is 0. The molecule has 0 N–H and O–H groups in total. The molecular formula is C19H37NO. The molecule has 2 aliphatic carbocycles. The van der Waals surface area contributed by atoms with Crippen LogP contribution in [0.1, 0.15) is 73.1 Å². The van der Waals surface area contributed by atoms with E-state index in [1.54, 1.807) is 0 Å². The summed E-state index contributed by atoms with van der Waals surface area (Å²) in [5.74, 6) is 2.80. The highest BCUT2D eigenvalue weighted by Gasteiger charge is 2.36. The molecule has 2 aliphatic rings. The minimum atomic E-state index is 0.540. The van der Waals surface area contributed by atoms with Crippen molar-refractivity contribution in [3.05, 3.63) is 0 Å². The Morgan fingerprint density at radius 2 is 1.62 bits per heavy atom. The largest absolute Gasteiger partial charge is 0.378 e. The molecule has 0 aromatic heterocycles. The number of ether oxygens (including phenoxy) is 1.